The van der Waals surface area contributed by atoms with Crippen LogP contribution in [0.4, 0.5) is 0 Å². The molecule has 1 aliphatic carbocycles. The highest BCUT2D eigenvalue weighted by atomic mass is 14.7. The van der Waals surface area contributed by atoms with Crippen LogP contribution in [0.1, 0.15) is 20.8 Å². The second kappa shape index (κ2) is 5.53. The van der Waals surface area contributed by atoms with Gasteiger partial charge in [-0.05, 0) is 24.1 Å². The van der Waals surface area contributed by atoms with Gasteiger partial charge in [-0.25, -0.2) is 0 Å². The minimum absolute atomic E-state index is 0.986. The number of rotatable bonds is 0. The monoisotopic (exact) mass is 163 g/mol. The number of hydrogen-bond donors (Lipinski definition) is 0. The predicted octanol–water partition coefficient (Wildman–Crippen LogP) is 3.16. The summed E-state index contributed by atoms with van der Waals surface area (Å²) in [5.41, 5.74) is 3.22. The van der Waals surface area contributed by atoms with Crippen LogP contribution in [-0.2, 0) is 0 Å². The Balaban J connectivity index is 0.000000561. The topological polar surface area (TPSA) is 12.4 Å². The summed E-state index contributed by atoms with van der Waals surface area (Å²) in [7, 11) is 1.78. The maximum atomic E-state index is 4.07. The van der Waals surface area contributed by atoms with E-state index in [1.165, 1.54) is 5.57 Å². The third kappa shape index (κ3) is 2.50. The van der Waals surface area contributed by atoms with Crippen molar-refractivity contribution in [3.05, 3.63) is 36.0 Å². The molecule has 0 bridgehead atoms. The van der Waals surface area contributed by atoms with E-state index in [4.69, 9.17) is 0 Å². The Hall–Kier alpha value is -1.11. The van der Waals surface area contributed by atoms with Crippen LogP contribution in [0.2, 0.25) is 0 Å². The van der Waals surface area contributed by atoms with Crippen molar-refractivity contribution in [2.45, 2.75) is 20.8 Å². The average molecular weight is 163 g/mol. The summed E-state index contributed by atoms with van der Waals surface area (Å²) in [4.78, 5) is 4.07. The van der Waals surface area contributed by atoms with Gasteiger partial charge >= 0.3 is 0 Å². The summed E-state index contributed by atoms with van der Waals surface area (Å²) in [5.74, 6) is 0. The van der Waals surface area contributed by atoms with Crippen molar-refractivity contribution in [3.63, 3.8) is 0 Å². The molecule has 12 heavy (non-hydrogen) atoms. The van der Waals surface area contributed by atoms with Crippen molar-refractivity contribution < 1.29 is 0 Å². The molecule has 0 aromatic heterocycles. The van der Waals surface area contributed by atoms with Gasteiger partial charge in [0.2, 0.25) is 0 Å². The van der Waals surface area contributed by atoms with Gasteiger partial charge in [0.25, 0.3) is 0 Å². The van der Waals surface area contributed by atoms with Crippen molar-refractivity contribution in [2.75, 3.05) is 7.05 Å². The summed E-state index contributed by atoms with van der Waals surface area (Å²) >= 11 is 0. The van der Waals surface area contributed by atoms with E-state index in [1.807, 2.05) is 39.0 Å². The smallest absolute Gasteiger partial charge is 0.0639 e. The van der Waals surface area contributed by atoms with Crippen molar-refractivity contribution >= 4 is 5.71 Å². The number of aliphatic imine (C=N–C) groups is 1. The zero-order valence-electron chi connectivity index (χ0n) is 8.39. The zero-order chi connectivity index (χ0) is 9.56. The summed E-state index contributed by atoms with van der Waals surface area (Å²) in [6.07, 6.45) is 6.00. The Morgan fingerprint density at radius 3 is 2.33 bits per heavy atom. The standard InChI is InChI=1S/C9H11N.C2H6/c1-7-5-4-6-9(10-3)8(7)2;1-2/h4-6H,2H2,1,3H3;1-2H3. The third-order valence-electron chi connectivity index (χ3n) is 1.63. The van der Waals surface area contributed by atoms with Gasteiger partial charge in [0.1, 0.15) is 0 Å². The molecule has 0 heterocycles. The molecule has 0 atom stereocenters. The van der Waals surface area contributed by atoms with Gasteiger partial charge in [0.05, 0.1) is 5.71 Å². The Morgan fingerprint density at radius 1 is 1.33 bits per heavy atom. The van der Waals surface area contributed by atoms with Crippen LogP contribution >= 0.6 is 0 Å². The van der Waals surface area contributed by atoms with Gasteiger partial charge in [-0.15, -0.1) is 0 Å². The lowest BCUT2D eigenvalue weighted by Gasteiger charge is -2.08. The highest BCUT2D eigenvalue weighted by Crippen LogP contribution is 2.14. The molecule has 0 saturated carbocycles. The first-order valence-electron chi connectivity index (χ1n) is 4.27. The van der Waals surface area contributed by atoms with E-state index in [1.54, 1.807) is 7.05 Å². The minimum Gasteiger partial charge on any atom is -0.288 e. The number of allylic oxidation sites excluding steroid dienone is 5. The summed E-state index contributed by atoms with van der Waals surface area (Å²) in [6, 6.07) is 0. The Morgan fingerprint density at radius 2 is 1.92 bits per heavy atom. The van der Waals surface area contributed by atoms with Crippen molar-refractivity contribution in [3.8, 4) is 0 Å². The molecular weight excluding hydrogens is 146 g/mol. The van der Waals surface area contributed by atoms with Crippen LogP contribution in [0.15, 0.2) is 40.9 Å². The van der Waals surface area contributed by atoms with E-state index in [-0.39, 0.29) is 0 Å². The molecule has 1 rings (SSSR count). The maximum absolute atomic E-state index is 4.07. The molecule has 0 aliphatic heterocycles. The Labute approximate surface area is 75.2 Å². The van der Waals surface area contributed by atoms with Crippen molar-refractivity contribution in [1.82, 2.24) is 0 Å². The lowest BCUT2D eigenvalue weighted by atomic mass is 10.00. The molecule has 0 radical (unpaired) electrons. The van der Waals surface area contributed by atoms with Gasteiger partial charge in [-0.1, -0.05) is 32.6 Å². The summed E-state index contributed by atoms with van der Waals surface area (Å²) in [6.45, 7) is 9.94. The molecule has 0 fully saturated rings. The second-order valence-corrected chi connectivity index (χ2v) is 2.30. The first-order chi connectivity index (χ1) is 5.75. The van der Waals surface area contributed by atoms with Gasteiger partial charge in [0, 0.05) is 7.05 Å². The van der Waals surface area contributed by atoms with E-state index in [0.717, 1.165) is 11.3 Å². The molecular formula is C11H17N. The fraction of sp³-hybridized carbons (Fsp3) is 0.364. The van der Waals surface area contributed by atoms with E-state index >= 15 is 0 Å². The molecule has 1 heteroatoms. The van der Waals surface area contributed by atoms with Crippen LogP contribution in [0.3, 0.4) is 0 Å². The average Bonchev–Trinajstić information content (AvgIpc) is 2.13. The molecule has 0 saturated heterocycles. The Kier molecular flexibility index (Phi) is 5.02. The molecule has 0 amide bonds. The molecule has 0 unspecified atom stereocenters. The first kappa shape index (κ1) is 10.9. The molecule has 0 aromatic rings. The van der Waals surface area contributed by atoms with Crippen LogP contribution in [0.5, 0.6) is 0 Å². The van der Waals surface area contributed by atoms with Gasteiger partial charge in [-0.2, -0.15) is 0 Å². The SMILES string of the molecule is C=C1C(C)=CC=CC1=NC.CC. The molecule has 0 spiro atoms. The van der Waals surface area contributed by atoms with Gasteiger partial charge < -0.3 is 0 Å². The van der Waals surface area contributed by atoms with Gasteiger partial charge in [-0.3, -0.25) is 4.99 Å². The fourth-order valence-corrected chi connectivity index (χ4v) is 0.896. The summed E-state index contributed by atoms with van der Waals surface area (Å²) in [5, 5.41) is 0. The zero-order valence-corrected chi connectivity index (χ0v) is 8.39. The number of hydrogen-bond acceptors (Lipinski definition) is 1. The van der Waals surface area contributed by atoms with Crippen molar-refractivity contribution in [2.24, 2.45) is 4.99 Å². The highest BCUT2D eigenvalue weighted by Gasteiger charge is 2.04. The lowest BCUT2D eigenvalue weighted by molar-refractivity contribution is 1.39. The first-order valence-corrected chi connectivity index (χ1v) is 4.27. The van der Waals surface area contributed by atoms with E-state index in [0.29, 0.717) is 0 Å². The largest absolute Gasteiger partial charge is 0.288 e. The van der Waals surface area contributed by atoms with E-state index in [9.17, 15) is 0 Å². The minimum atomic E-state index is 0.986. The number of nitrogens with zero attached hydrogens (tertiary/aromatic N) is 1. The molecule has 0 aromatic carbocycles. The van der Waals surface area contributed by atoms with Crippen LogP contribution in [-0.4, -0.2) is 12.8 Å². The van der Waals surface area contributed by atoms with Crippen LogP contribution in [0, 0.1) is 0 Å². The normalized spacial score (nSPS) is 18.5. The molecule has 66 valence electrons. The van der Waals surface area contributed by atoms with Crippen LogP contribution < -0.4 is 0 Å². The lowest BCUT2D eigenvalue weighted by Crippen LogP contribution is -2.01. The predicted molar refractivity (Wildman–Crippen MR) is 56.7 cm³/mol. The summed E-state index contributed by atoms with van der Waals surface area (Å²) < 4.78 is 0. The molecule has 0 N–H and O–H groups in total. The maximum Gasteiger partial charge on any atom is 0.0639 e. The quantitative estimate of drug-likeness (QED) is 0.520. The van der Waals surface area contributed by atoms with E-state index in [2.05, 4.69) is 11.6 Å². The second-order valence-electron chi connectivity index (χ2n) is 2.30. The molecule has 1 nitrogen and oxygen atoms in total. The van der Waals surface area contributed by atoms with Gasteiger partial charge in [0.15, 0.2) is 0 Å². The van der Waals surface area contributed by atoms with E-state index < -0.39 is 0 Å². The Bertz CT molecular complexity index is 242. The van der Waals surface area contributed by atoms with Crippen LogP contribution in [0.25, 0.3) is 0 Å². The fourth-order valence-electron chi connectivity index (χ4n) is 0.896. The van der Waals surface area contributed by atoms with Crippen molar-refractivity contribution in [1.29, 1.82) is 0 Å². The highest BCUT2D eigenvalue weighted by molar-refractivity contribution is 6.12. The molecule has 1 aliphatic rings. The third-order valence-corrected chi connectivity index (χ3v) is 1.63.